The Balaban J connectivity index is 1.32. The van der Waals surface area contributed by atoms with Crippen molar-refractivity contribution in [1.82, 2.24) is 9.13 Å². The van der Waals surface area contributed by atoms with Gasteiger partial charge in [0.1, 0.15) is 6.07 Å². The highest BCUT2D eigenvalue weighted by Crippen LogP contribution is 2.41. The maximum Gasteiger partial charge on any atom is 0.101 e. The average molecular weight is 611 g/mol. The van der Waals surface area contributed by atoms with Crippen LogP contribution in [0.15, 0.2) is 158 Å². The number of fused-ring (bicyclic) bond motifs is 6. The lowest BCUT2D eigenvalue weighted by molar-refractivity contribution is 1.17. The number of aromatic nitrogens is 2. The number of para-hydroxylation sites is 5. The smallest absolute Gasteiger partial charge is 0.101 e. The highest BCUT2D eigenvalue weighted by atomic mass is 15.0. The van der Waals surface area contributed by atoms with E-state index in [0.29, 0.717) is 11.1 Å². The Kier molecular flexibility index (Phi) is 6.22. The summed E-state index contributed by atoms with van der Waals surface area (Å²) in [7, 11) is 0. The lowest BCUT2D eigenvalue weighted by Gasteiger charge is -2.18. The van der Waals surface area contributed by atoms with Crippen LogP contribution in [-0.2, 0) is 0 Å². The molecule has 0 fully saturated rings. The molecule has 0 unspecified atom stereocenters. The second kappa shape index (κ2) is 10.9. The zero-order valence-corrected chi connectivity index (χ0v) is 25.8. The van der Waals surface area contributed by atoms with E-state index < -0.39 is 0 Å². The van der Waals surface area contributed by atoms with Crippen LogP contribution in [0.5, 0.6) is 0 Å². The van der Waals surface area contributed by atoms with Crippen molar-refractivity contribution in [2.24, 2.45) is 0 Å². The van der Waals surface area contributed by atoms with Gasteiger partial charge in [0, 0.05) is 27.1 Å². The summed E-state index contributed by atoms with van der Waals surface area (Å²) in [5.41, 5.74) is 11.2. The van der Waals surface area contributed by atoms with E-state index in [4.69, 9.17) is 0 Å². The van der Waals surface area contributed by atoms with E-state index >= 15 is 0 Å². The van der Waals surface area contributed by atoms with Crippen LogP contribution in [0.2, 0.25) is 0 Å². The molecule has 0 atom stereocenters. The molecule has 2 aromatic heterocycles. The summed E-state index contributed by atoms with van der Waals surface area (Å²) in [6.45, 7) is 0. The molecule has 0 N–H and O–H groups in total. The average Bonchev–Trinajstić information content (AvgIpc) is 3.67. The van der Waals surface area contributed by atoms with E-state index in [0.717, 1.165) is 66.5 Å². The van der Waals surface area contributed by atoms with Crippen molar-refractivity contribution in [1.29, 1.82) is 10.5 Å². The molecule has 4 nitrogen and oxygen atoms in total. The molecule has 0 aliphatic rings. The van der Waals surface area contributed by atoms with Crippen LogP contribution in [0.25, 0.3) is 77.2 Å². The van der Waals surface area contributed by atoms with Gasteiger partial charge in [-0.05, 0) is 71.3 Å². The molecule has 9 aromatic rings. The van der Waals surface area contributed by atoms with Crippen molar-refractivity contribution in [3.05, 3.63) is 169 Å². The van der Waals surface area contributed by atoms with Crippen LogP contribution in [-0.4, -0.2) is 9.13 Å². The van der Waals surface area contributed by atoms with Crippen molar-refractivity contribution in [3.8, 4) is 45.8 Å². The molecule has 0 amide bonds. The van der Waals surface area contributed by atoms with Gasteiger partial charge >= 0.3 is 0 Å². The Morgan fingerprint density at radius 1 is 0.375 bits per heavy atom. The number of hydrogen-bond donors (Lipinski definition) is 0. The molecule has 48 heavy (non-hydrogen) atoms. The minimum Gasteiger partial charge on any atom is -0.309 e. The second-order valence-corrected chi connectivity index (χ2v) is 12.0. The van der Waals surface area contributed by atoms with Crippen molar-refractivity contribution in [3.63, 3.8) is 0 Å². The Morgan fingerprint density at radius 2 is 0.875 bits per heavy atom. The van der Waals surface area contributed by atoms with Crippen LogP contribution in [0.3, 0.4) is 0 Å². The Hall–Kier alpha value is -6.88. The summed E-state index contributed by atoms with van der Waals surface area (Å²) < 4.78 is 4.52. The SMILES string of the molecule is N#Cc1ccc(-c2ccccc2-n2c3ccccc3c3ccccc32)c(-c2ccc(C#N)c(-n3c4ccccc4c4ccccc43)c2)c1. The molecule has 222 valence electrons. The van der Waals surface area contributed by atoms with Crippen molar-refractivity contribution < 1.29 is 0 Å². The number of benzene rings is 7. The highest BCUT2D eigenvalue weighted by Gasteiger charge is 2.20. The van der Waals surface area contributed by atoms with Gasteiger partial charge in [0.25, 0.3) is 0 Å². The Bertz CT molecular complexity index is 2710. The number of nitriles is 2. The fourth-order valence-corrected chi connectivity index (χ4v) is 7.33. The molecule has 0 bridgehead atoms. The first-order chi connectivity index (χ1) is 23.7. The molecule has 2 heterocycles. The summed E-state index contributed by atoms with van der Waals surface area (Å²) in [5, 5.41) is 25.0. The summed E-state index contributed by atoms with van der Waals surface area (Å²) >= 11 is 0. The molecule has 0 radical (unpaired) electrons. The minimum atomic E-state index is 0.575. The maximum absolute atomic E-state index is 10.3. The van der Waals surface area contributed by atoms with Crippen molar-refractivity contribution >= 4 is 43.6 Å². The topological polar surface area (TPSA) is 57.4 Å². The van der Waals surface area contributed by atoms with Crippen molar-refractivity contribution in [2.75, 3.05) is 0 Å². The monoisotopic (exact) mass is 610 g/mol. The van der Waals surface area contributed by atoms with Gasteiger partial charge in [0.15, 0.2) is 0 Å². The number of nitrogens with zero attached hydrogens (tertiary/aromatic N) is 4. The fraction of sp³-hybridized carbons (Fsp3) is 0. The standard InChI is InChI=1S/C44H26N4/c45-27-29-21-24-32(33-11-1-6-16-39(33)47-40-17-7-2-12-34(40)35-13-3-8-18-41(35)47)38(25-29)30-22-23-31(28-46)44(26-30)48-42-19-9-4-14-36(42)37-15-5-10-20-43(37)48/h1-26H. The molecule has 0 saturated heterocycles. The van der Waals surface area contributed by atoms with Crippen LogP contribution in [0, 0.1) is 22.7 Å². The predicted molar refractivity (Wildman–Crippen MR) is 195 cm³/mol. The van der Waals surface area contributed by atoms with Crippen molar-refractivity contribution in [2.45, 2.75) is 0 Å². The molecule has 0 saturated carbocycles. The quantitative estimate of drug-likeness (QED) is 0.199. The molecule has 7 aromatic carbocycles. The molecule has 0 aliphatic carbocycles. The fourth-order valence-electron chi connectivity index (χ4n) is 7.33. The van der Waals surface area contributed by atoms with Gasteiger partial charge in [-0.1, -0.05) is 103 Å². The number of hydrogen-bond acceptors (Lipinski definition) is 2. The third kappa shape index (κ3) is 4.07. The van der Waals surface area contributed by atoms with Gasteiger partial charge in [-0.15, -0.1) is 0 Å². The lowest BCUT2D eigenvalue weighted by atomic mass is 9.91. The molecular weight excluding hydrogens is 585 g/mol. The summed E-state index contributed by atoms with van der Waals surface area (Å²) in [6.07, 6.45) is 0. The van der Waals surface area contributed by atoms with Gasteiger partial charge in [-0.2, -0.15) is 10.5 Å². The first-order valence-electron chi connectivity index (χ1n) is 15.9. The zero-order valence-electron chi connectivity index (χ0n) is 25.8. The van der Waals surface area contributed by atoms with Crippen LogP contribution in [0.1, 0.15) is 11.1 Å². The third-order valence-electron chi connectivity index (χ3n) is 9.41. The van der Waals surface area contributed by atoms with Gasteiger partial charge in [0.05, 0.1) is 50.6 Å². The van der Waals surface area contributed by atoms with Crippen LogP contribution >= 0.6 is 0 Å². The molecular formula is C44H26N4. The molecule has 0 aliphatic heterocycles. The van der Waals surface area contributed by atoms with E-state index in [2.05, 4.69) is 143 Å². The van der Waals surface area contributed by atoms with E-state index in [1.165, 1.54) is 10.8 Å². The van der Waals surface area contributed by atoms with Gasteiger partial charge in [-0.3, -0.25) is 0 Å². The highest BCUT2D eigenvalue weighted by molar-refractivity contribution is 6.11. The van der Waals surface area contributed by atoms with E-state index in [9.17, 15) is 10.5 Å². The first kappa shape index (κ1) is 27.4. The summed E-state index contributed by atoms with van der Waals surface area (Å²) in [4.78, 5) is 0. The third-order valence-corrected chi connectivity index (χ3v) is 9.41. The number of rotatable bonds is 4. The van der Waals surface area contributed by atoms with Crippen LogP contribution < -0.4 is 0 Å². The Labute approximate surface area is 277 Å². The predicted octanol–water partition coefficient (Wildman–Crippen LogP) is 11.0. The lowest BCUT2D eigenvalue weighted by Crippen LogP contribution is -2.00. The molecule has 4 heteroatoms. The molecule has 9 rings (SSSR count). The first-order valence-corrected chi connectivity index (χ1v) is 15.9. The summed E-state index contributed by atoms with van der Waals surface area (Å²) in [5.74, 6) is 0. The van der Waals surface area contributed by atoms with E-state index in [1.54, 1.807) is 0 Å². The largest absolute Gasteiger partial charge is 0.309 e. The maximum atomic E-state index is 10.3. The van der Waals surface area contributed by atoms with Gasteiger partial charge in [0.2, 0.25) is 0 Å². The van der Waals surface area contributed by atoms with Gasteiger partial charge in [-0.25, -0.2) is 0 Å². The Morgan fingerprint density at radius 3 is 1.42 bits per heavy atom. The van der Waals surface area contributed by atoms with Crippen LogP contribution in [0.4, 0.5) is 0 Å². The van der Waals surface area contributed by atoms with Gasteiger partial charge < -0.3 is 9.13 Å². The second-order valence-electron chi connectivity index (χ2n) is 12.0. The normalized spacial score (nSPS) is 11.3. The minimum absolute atomic E-state index is 0.575. The molecule has 0 spiro atoms. The van der Waals surface area contributed by atoms with E-state index in [-0.39, 0.29) is 0 Å². The summed E-state index contributed by atoms with van der Waals surface area (Å²) in [6, 6.07) is 58.8. The van der Waals surface area contributed by atoms with E-state index in [1.807, 2.05) is 36.4 Å². The zero-order chi connectivity index (χ0) is 32.2.